The number of aryl methyl sites for hydroxylation is 1. The van der Waals surface area contributed by atoms with Gasteiger partial charge in [0.15, 0.2) is 5.82 Å². The fourth-order valence-electron chi connectivity index (χ4n) is 2.68. The molecular formula is C19H13FN4. The summed E-state index contributed by atoms with van der Waals surface area (Å²) in [5.41, 5.74) is 3.63. The van der Waals surface area contributed by atoms with Crippen molar-refractivity contribution in [2.45, 2.75) is 6.92 Å². The average molecular weight is 316 g/mol. The van der Waals surface area contributed by atoms with Gasteiger partial charge in [0.25, 0.3) is 0 Å². The van der Waals surface area contributed by atoms with Crippen LogP contribution in [-0.4, -0.2) is 19.9 Å². The molecule has 0 spiro atoms. The van der Waals surface area contributed by atoms with E-state index in [2.05, 4.69) is 19.9 Å². The van der Waals surface area contributed by atoms with Crippen LogP contribution in [-0.2, 0) is 0 Å². The molecule has 0 radical (unpaired) electrons. The van der Waals surface area contributed by atoms with Crippen molar-refractivity contribution in [1.29, 1.82) is 0 Å². The predicted octanol–water partition coefficient (Wildman–Crippen LogP) is 4.20. The number of halogens is 1. The second kappa shape index (κ2) is 5.77. The van der Waals surface area contributed by atoms with Gasteiger partial charge >= 0.3 is 0 Å². The van der Waals surface area contributed by atoms with E-state index in [4.69, 9.17) is 0 Å². The van der Waals surface area contributed by atoms with Gasteiger partial charge in [0.05, 0.1) is 11.2 Å². The Morgan fingerprint density at radius 1 is 0.958 bits per heavy atom. The second-order valence-electron chi connectivity index (χ2n) is 5.49. The minimum Gasteiger partial charge on any atom is -0.264 e. The van der Waals surface area contributed by atoms with E-state index in [1.165, 1.54) is 12.1 Å². The van der Waals surface area contributed by atoms with Crippen molar-refractivity contribution in [3.63, 3.8) is 0 Å². The molecule has 3 aromatic heterocycles. The van der Waals surface area contributed by atoms with Crippen LogP contribution in [0.3, 0.4) is 0 Å². The number of aromatic nitrogens is 4. The quantitative estimate of drug-likeness (QED) is 0.556. The van der Waals surface area contributed by atoms with Gasteiger partial charge in [-0.2, -0.15) is 0 Å². The average Bonchev–Trinajstić information content (AvgIpc) is 2.61. The summed E-state index contributed by atoms with van der Waals surface area (Å²) >= 11 is 0. The molecule has 0 aliphatic carbocycles. The molecule has 0 fully saturated rings. The summed E-state index contributed by atoms with van der Waals surface area (Å²) < 4.78 is 14.0. The minimum absolute atomic E-state index is 0.315. The van der Waals surface area contributed by atoms with Gasteiger partial charge in [0.1, 0.15) is 5.82 Å². The topological polar surface area (TPSA) is 51.6 Å². The summed E-state index contributed by atoms with van der Waals surface area (Å²) in [5, 5.41) is 0.742. The van der Waals surface area contributed by atoms with E-state index in [9.17, 15) is 4.39 Å². The summed E-state index contributed by atoms with van der Waals surface area (Å²) in [6.45, 7) is 1.89. The first-order valence-electron chi connectivity index (χ1n) is 7.51. The number of fused-ring (bicyclic) bond motifs is 1. The summed E-state index contributed by atoms with van der Waals surface area (Å²) in [7, 11) is 0. The molecule has 0 amide bonds. The number of hydrogen-bond acceptors (Lipinski definition) is 4. The zero-order valence-corrected chi connectivity index (χ0v) is 12.9. The first-order chi connectivity index (χ1) is 11.7. The SMILES string of the molecule is Cc1cc(-c2cc(F)cc3cccnc23)nc(-c2cccnc2)n1. The van der Waals surface area contributed by atoms with Gasteiger partial charge in [-0.1, -0.05) is 6.07 Å². The Labute approximate surface area is 138 Å². The van der Waals surface area contributed by atoms with Gasteiger partial charge in [0, 0.05) is 40.8 Å². The van der Waals surface area contributed by atoms with Gasteiger partial charge in [-0.3, -0.25) is 9.97 Å². The molecule has 4 nitrogen and oxygen atoms in total. The number of benzene rings is 1. The molecule has 1 aromatic carbocycles. The molecule has 4 aromatic rings. The highest BCUT2D eigenvalue weighted by Gasteiger charge is 2.12. The summed E-state index contributed by atoms with van der Waals surface area (Å²) in [5.74, 6) is 0.246. The van der Waals surface area contributed by atoms with Crippen LogP contribution in [0, 0.1) is 12.7 Å². The van der Waals surface area contributed by atoms with Crippen LogP contribution >= 0.6 is 0 Å². The maximum absolute atomic E-state index is 14.0. The Kier molecular flexibility index (Phi) is 3.46. The van der Waals surface area contributed by atoms with E-state index >= 15 is 0 Å². The van der Waals surface area contributed by atoms with Crippen molar-refractivity contribution < 1.29 is 4.39 Å². The molecule has 3 heterocycles. The third-order valence-corrected chi connectivity index (χ3v) is 3.72. The number of nitrogens with zero attached hydrogens (tertiary/aromatic N) is 4. The van der Waals surface area contributed by atoms with Crippen molar-refractivity contribution >= 4 is 10.9 Å². The lowest BCUT2D eigenvalue weighted by molar-refractivity contribution is 0.630. The smallest absolute Gasteiger partial charge is 0.161 e. The van der Waals surface area contributed by atoms with E-state index in [-0.39, 0.29) is 5.82 Å². The minimum atomic E-state index is -0.315. The van der Waals surface area contributed by atoms with Crippen molar-refractivity contribution in [2.24, 2.45) is 0 Å². The lowest BCUT2D eigenvalue weighted by Gasteiger charge is -2.09. The predicted molar refractivity (Wildman–Crippen MR) is 90.7 cm³/mol. The first-order valence-corrected chi connectivity index (χ1v) is 7.51. The first kappa shape index (κ1) is 14.4. The van der Waals surface area contributed by atoms with E-state index < -0.39 is 0 Å². The molecule has 0 saturated carbocycles. The normalized spacial score (nSPS) is 10.9. The van der Waals surface area contributed by atoms with Gasteiger partial charge in [0.2, 0.25) is 0 Å². The Balaban J connectivity index is 1.96. The Morgan fingerprint density at radius 2 is 1.83 bits per heavy atom. The fourth-order valence-corrected chi connectivity index (χ4v) is 2.68. The Bertz CT molecular complexity index is 1030. The highest BCUT2D eigenvalue weighted by atomic mass is 19.1. The van der Waals surface area contributed by atoms with Crippen LogP contribution in [0.15, 0.2) is 61.1 Å². The highest BCUT2D eigenvalue weighted by Crippen LogP contribution is 2.28. The zero-order valence-electron chi connectivity index (χ0n) is 12.9. The molecule has 0 unspecified atom stereocenters. The molecule has 0 saturated heterocycles. The van der Waals surface area contributed by atoms with Crippen molar-refractivity contribution in [3.8, 4) is 22.6 Å². The maximum atomic E-state index is 14.0. The summed E-state index contributed by atoms with van der Waals surface area (Å²) in [6.07, 6.45) is 5.10. The van der Waals surface area contributed by atoms with E-state index in [0.717, 1.165) is 16.6 Å². The molecule has 0 N–H and O–H groups in total. The standard InChI is InChI=1S/C19H13FN4/c1-12-8-17(24-19(23-12)14-5-2-6-21-11-14)16-10-15(20)9-13-4-3-7-22-18(13)16/h2-11H,1H3. The third kappa shape index (κ3) is 2.60. The molecular weight excluding hydrogens is 303 g/mol. The lowest BCUT2D eigenvalue weighted by atomic mass is 10.1. The maximum Gasteiger partial charge on any atom is 0.161 e. The van der Waals surface area contributed by atoms with Crippen LogP contribution in [0.5, 0.6) is 0 Å². The summed E-state index contributed by atoms with van der Waals surface area (Å²) in [4.78, 5) is 17.6. The van der Waals surface area contributed by atoms with E-state index in [0.29, 0.717) is 22.6 Å². The van der Waals surface area contributed by atoms with Crippen LogP contribution in [0.25, 0.3) is 33.5 Å². The molecule has 5 heteroatoms. The Hall–Kier alpha value is -3.21. The third-order valence-electron chi connectivity index (χ3n) is 3.72. The van der Waals surface area contributed by atoms with Crippen molar-refractivity contribution in [3.05, 3.63) is 72.6 Å². The fraction of sp³-hybridized carbons (Fsp3) is 0.0526. The molecule has 0 bridgehead atoms. The molecule has 0 aliphatic heterocycles. The number of hydrogen-bond donors (Lipinski definition) is 0. The van der Waals surface area contributed by atoms with Gasteiger partial charge in [-0.05, 0) is 43.3 Å². The van der Waals surface area contributed by atoms with Gasteiger partial charge < -0.3 is 0 Å². The molecule has 24 heavy (non-hydrogen) atoms. The van der Waals surface area contributed by atoms with Crippen LogP contribution in [0.1, 0.15) is 5.69 Å². The van der Waals surface area contributed by atoms with E-state index in [1.807, 2.05) is 31.2 Å². The molecule has 0 atom stereocenters. The molecule has 0 aliphatic rings. The largest absolute Gasteiger partial charge is 0.264 e. The molecule has 116 valence electrons. The zero-order chi connectivity index (χ0) is 16.5. The van der Waals surface area contributed by atoms with Crippen LogP contribution in [0.4, 0.5) is 4.39 Å². The van der Waals surface area contributed by atoms with Crippen LogP contribution < -0.4 is 0 Å². The Morgan fingerprint density at radius 3 is 2.67 bits per heavy atom. The van der Waals surface area contributed by atoms with Gasteiger partial charge in [-0.15, -0.1) is 0 Å². The highest BCUT2D eigenvalue weighted by molar-refractivity contribution is 5.92. The monoisotopic (exact) mass is 316 g/mol. The molecule has 4 rings (SSSR count). The summed E-state index contributed by atoms with van der Waals surface area (Å²) in [6, 6.07) is 12.1. The van der Waals surface area contributed by atoms with Crippen molar-refractivity contribution in [2.75, 3.05) is 0 Å². The second-order valence-corrected chi connectivity index (χ2v) is 5.49. The van der Waals surface area contributed by atoms with E-state index in [1.54, 1.807) is 24.7 Å². The number of rotatable bonds is 2. The van der Waals surface area contributed by atoms with Crippen LogP contribution in [0.2, 0.25) is 0 Å². The van der Waals surface area contributed by atoms with Crippen molar-refractivity contribution in [1.82, 2.24) is 19.9 Å². The lowest BCUT2D eigenvalue weighted by Crippen LogP contribution is -1.97. The number of pyridine rings is 2. The van der Waals surface area contributed by atoms with Gasteiger partial charge in [-0.25, -0.2) is 14.4 Å².